The Morgan fingerprint density at radius 3 is 2.17 bits per heavy atom. The lowest BCUT2D eigenvalue weighted by Crippen LogP contribution is -2.30. The first-order valence-electron chi connectivity index (χ1n) is 9.65. The molecule has 0 heterocycles. The van der Waals surface area contributed by atoms with Gasteiger partial charge in [-0.25, -0.2) is 4.79 Å². The average molecular weight is 399 g/mol. The SMILES string of the molecule is CCC(C)c1ccccc1NC(=O)C(C)OC(=O)c1cc(OC)c(C)c(OC)c1. The second kappa shape index (κ2) is 9.96. The standard InChI is InChI=1S/C23H29NO5/c1-7-14(2)18-10-8-9-11-19(18)24-22(25)16(4)29-23(26)17-12-20(27-5)15(3)21(13-17)28-6/h8-14,16H,7H2,1-6H3,(H,24,25). The van der Waals surface area contributed by atoms with Crippen LogP contribution < -0.4 is 14.8 Å². The van der Waals surface area contributed by atoms with Gasteiger partial charge in [0.15, 0.2) is 6.10 Å². The number of esters is 1. The van der Waals surface area contributed by atoms with E-state index in [4.69, 9.17) is 14.2 Å². The zero-order chi connectivity index (χ0) is 21.6. The van der Waals surface area contributed by atoms with E-state index in [-0.39, 0.29) is 11.5 Å². The molecule has 2 aromatic carbocycles. The van der Waals surface area contributed by atoms with Gasteiger partial charge in [0, 0.05) is 11.3 Å². The molecular formula is C23H29NO5. The minimum absolute atomic E-state index is 0.254. The van der Waals surface area contributed by atoms with E-state index in [1.54, 1.807) is 19.1 Å². The number of ether oxygens (including phenoxy) is 3. The van der Waals surface area contributed by atoms with Crippen molar-refractivity contribution < 1.29 is 23.8 Å². The van der Waals surface area contributed by atoms with Crippen LogP contribution in [0.1, 0.15) is 54.6 Å². The van der Waals surface area contributed by atoms with Gasteiger partial charge in [0.1, 0.15) is 11.5 Å². The number of nitrogens with one attached hydrogen (secondary N) is 1. The lowest BCUT2D eigenvalue weighted by Gasteiger charge is -2.18. The van der Waals surface area contributed by atoms with Crippen molar-refractivity contribution in [2.75, 3.05) is 19.5 Å². The molecule has 0 spiro atoms. The Balaban J connectivity index is 2.13. The van der Waals surface area contributed by atoms with Crippen LogP contribution in [0.2, 0.25) is 0 Å². The van der Waals surface area contributed by atoms with Crippen LogP contribution >= 0.6 is 0 Å². The Bertz CT molecular complexity index is 852. The fourth-order valence-corrected chi connectivity index (χ4v) is 2.98. The van der Waals surface area contributed by atoms with Gasteiger partial charge in [-0.3, -0.25) is 4.79 Å². The van der Waals surface area contributed by atoms with E-state index in [0.29, 0.717) is 17.4 Å². The van der Waals surface area contributed by atoms with Crippen LogP contribution in [-0.2, 0) is 9.53 Å². The number of rotatable bonds is 8. The number of benzene rings is 2. The smallest absolute Gasteiger partial charge is 0.339 e. The monoisotopic (exact) mass is 399 g/mol. The molecule has 2 aromatic rings. The molecule has 2 rings (SSSR count). The number of hydrogen-bond acceptors (Lipinski definition) is 5. The molecule has 0 saturated carbocycles. The maximum atomic E-state index is 12.6. The molecule has 1 N–H and O–H groups in total. The topological polar surface area (TPSA) is 73.9 Å². The lowest BCUT2D eigenvalue weighted by atomic mass is 9.97. The van der Waals surface area contributed by atoms with Gasteiger partial charge >= 0.3 is 5.97 Å². The predicted molar refractivity (Wildman–Crippen MR) is 113 cm³/mol. The van der Waals surface area contributed by atoms with Gasteiger partial charge in [0.2, 0.25) is 0 Å². The summed E-state index contributed by atoms with van der Waals surface area (Å²) in [5.74, 6) is 0.309. The van der Waals surface area contributed by atoms with Crippen LogP contribution in [0.25, 0.3) is 0 Å². The fraction of sp³-hybridized carbons (Fsp3) is 0.391. The Kier molecular flexibility index (Phi) is 7.65. The number of carbonyl (C=O) groups is 2. The second-order valence-corrected chi connectivity index (χ2v) is 6.94. The van der Waals surface area contributed by atoms with E-state index in [0.717, 1.165) is 23.2 Å². The first kappa shape index (κ1) is 22.3. The summed E-state index contributed by atoms with van der Waals surface area (Å²) in [7, 11) is 3.03. The maximum Gasteiger partial charge on any atom is 0.339 e. The molecule has 2 unspecified atom stereocenters. The quantitative estimate of drug-likeness (QED) is 0.651. The molecule has 6 heteroatoms. The molecule has 0 fully saturated rings. The molecular weight excluding hydrogens is 370 g/mol. The zero-order valence-corrected chi connectivity index (χ0v) is 17.9. The molecule has 0 saturated heterocycles. The largest absolute Gasteiger partial charge is 0.496 e. The minimum atomic E-state index is -0.967. The predicted octanol–water partition coefficient (Wildman–Crippen LogP) is 4.71. The Morgan fingerprint density at radius 1 is 1.03 bits per heavy atom. The van der Waals surface area contributed by atoms with Gasteiger partial charge in [-0.2, -0.15) is 0 Å². The third kappa shape index (κ3) is 5.28. The number of para-hydroxylation sites is 1. The van der Waals surface area contributed by atoms with Crippen LogP contribution in [0.5, 0.6) is 11.5 Å². The van der Waals surface area contributed by atoms with Crippen molar-refractivity contribution in [3.63, 3.8) is 0 Å². The number of carbonyl (C=O) groups excluding carboxylic acids is 2. The number of methoxy groups -OCH3 is 2. The van der Waals surface area contributed by atoms with Crippen molar-refractivity contribution >= 4 is 17.6 Å². The summed E-state index contributed by atoms with van der Waals surface area (Å²) in [6, 6.07) is 10.8. The van der Waals surface area contributed by atoms with Crippen molar-refractivity contribution in [2.45, 2.75) is 46.1 Å². The maximum absolute atomic E-state index is 12.6. The summed E-state index contributed by atoms with van der Waals surface area (Å²) in [5, 5.41) is 2.87. The highest BCUT2D eigenvalue weighted by molar-refractivity contribution is 5.98. The van der Waals surface area contributed by atoms with Crippen LogP contribution in [0.15, 0.2) is 36.4 Å². The highest BCUT2D eigenvalue weighted by Crippen LogP contribution is 2.30. The van der Waals surface area contributed by atoms with Crippen LogP contribution in [0, 0.1) is 6.92 Å². The highest BCUT2D eigenvalue weighted by Gasteiger charge is 2.22. The van der Waals surface area contributed by atoms with Gasteiger partial charge < -0.3 is 19.5 Å². The van der Waals surface area contributed by atoms with Gasteiger partial charge in [0.25, 0.3) is 5.91 Å². The molecule has 0 aliphatic carbocycles. The molecule has 6 nitrogen and oxygen atoms in total. The van der Waals surface area contributed by atoms with Crippen molar-refractivity contribution in [3.8, 4) is 11.5 Å². The van der Waals surface area contributed by atoms with Gasteiger partial charge in [-0.15, -0.1) is 0 Å². The van der Waals surface area contributed by atoms with Crippen LogP contribution in [-0.4, -0.2) is 32.2 Å². The van der Waals surface area contributed by atoms with Crippen LogP contribution in [0.4, 0.5) is 5.69 Å². The summed E-state index contributed by atoms with van der Waals surface area (Å²) < 4.78 is 16.0. The van der Waals surface area contributed by atoms with Crippen molar-refractivity contribution in [1.82, 2.24) is 0 Å². The Morgan fingerprint density at radius 2 is 1.62 bits per heavy atom. The Hall–Kier alpha value is -3.02. The van der Waals surface area contributed by atoms with E-state index in [1.807, 2.05) is 31.2 Å². The second-order valence-electron chi connectivity index (χ2n) is 6.94. The first-order chi connectivity index (χ1) is 13.8. The molecule has 0 aliphatic rings. The van der Waals surface area contributed by atoms with E-state index in [9.17, 15) is 9.59 Å². The molecule has 0 radical (unpaired) electrons. The molecule has 156 valence electrons. The van der Waals surface area contributed by atoms with Crippen molar-refractivity contribution in [3.05, 3.63) is 53.1 Å². The normalized spacial score (nSPS) is 12.6. The molecule has 1 amide bonds. The zero-order valence-electron chi connectivity index (χ0n) is 17.9. The Labute approximate surface area is 172 Å². The van der Waals surface area contributed by atoms with Gasteiger partial charge in [-0.05, 0) is 49.9 Å². The number of anilines is 1. The average Bonchev–Trinajstić information content (AvgIpc) is 2.73. The van der Waals surface area contributed by atoms with Gasteiger partial charge in [0.05, 0.1) is 19.8 Å². The summed E-state index contributed by atoms with van der Waals surface area (Å²) in [5.41, 5.74) is 2.81. The van der Waals surface area contributed by atoms with Crippen LogP contribution in [0.3, 0.4) is 0 Å². The van der Waals surface area contributed by atoms with E-state index < -0.39 is 12.1 Å². The summed E-state index contributed by atoms with van der Waals surface area (Å²) in [6.45, 7) is 7.57. The minimum Gasteiger partial charge on any atom is -0.496 e. The van der Waals surface area contributed by atoms with E-state index in [2.05, 4.69) is 19.2 Å². The number of hydrogen-bond donors (Lipinski definition) is 1. The fourth-order valence-electron chi connectivity index (χ4n) is 2.98. The molecule has 29 heavy (non-hydrogen) atoms. The highest BCUT2D eigenvalue weighted by atomic mass is 16.5. The lowest BCUT2D eigenvalue weighted by molar-refractivity contribution is -0.123. The van der Waals surface area contributed by atoms with Crippen molar-refractivity contribution in [2.24, 2.45) is 0 Å². The number of amides is 1. The molecule has 0 aliphatic heterocycles. The molecule has 0 bridgehead atoms. The van der Waals surface area contributed by atoms with E-state index >= 15 is 0 Å². The first-order valence-corrected chi connectivity index (χ1v) is 9.65. The summed E-state index contributed by atoms with van der Waals surface area (Å²) >= 11 is 0. The van der Waals surface area contributed by atoms with E-state index in [1.165, 1.54) is 14.2 Å². The molecule has 2 atom stereocenters. The van der Waals surface area contributed by atoms with Crippen molar-refractivity contribution in [1.29, 1.82) is 0 Å². The third-order valence-electron chi connectivity index (χ3n) is 5.00. The third-order valence-corrected chi connectivity index (χ3v) is 5.00. The summed E-state index contributed by atoms with van der Waals surface area (Å²) in [6.07, 6.45) is -0.0140. The molecule has 0 aromatic heterocycles. The van der Waals surface area contributed by atoms with Gasteiger partial charge in [-0.1, -0.05) is 32.0 Å². The summed E-state index contributed by atoms with van der Waals surface area (Å²) in [4.78, 5) is 25.2.